The Balaban J connectivity index is 3.32. The number of aryl methyl sites for hydroxylation is 1. The van der Waals surface area contributed by atoms with Crippen molar-refractivity contribution in [3.8, 4) is 0 Å². The Kier molecular flexibility index (Phi) is 2.56. The second-order valence-electron chi connectivity index (χ2n) is 2.69. The zero-order valence-corrected chi connectivity index (χ0v) is 8.33. The Morgan fingerprint density at radius 2 is 1.85 bits per heavy atom. The van der Waals surface area contributed by atoms with E-state index in [0.29, 0.717) is 5.69 Å². The highest BCUT2D eigenvalue weighted by Gasteiger charge is 2.32. The molecule has 0 aliphatic carbocycles. The summed E-state index contributed by atoms with van der Waals surface area (Å²) in [7, 11) is 0. The van der Waals surface area contributed by atoms with Crippen molar-refractivity contribution in [2.75, 3.05) is 5.73 Å². The molecule has 1 nitrogen and oxygen atoms in total. The van der Waals surface area contributed by atoms with Crippen LogP contribution in [0.15, 0.2) is 16.6 Å². The summed E-state index contributed by atoms with van der Waals surface area (Å²) in [6, 6.07) is 2.29. The fraction of sp³-hybridized carbons (Fsp3) is 0.250. The molecular formula is C8H7BrF3N. The van der Waals surface area contributed by atoms with Crippen molar-refractivity contribution in [2.24, 2.45) is 0 Å². The lowest BCUT2D eigenvalue weighted by atomic mass is 10.1. The number of alkyl halides is 3. The summed E-state index contributed by atoms with van der Waals surface area (Å²) < 4.78 is 37.2. The predicted octanol–water partition coefficient (Wildman–Crippen LogP) is 3.36. The number of hydrogen-bond donors (Lipinski definition) is 1. The SMILES string of the molecule is Cc1cc(N)c(Br)cc1C(F)(F)F. The molecule has 1 aromatic rings. The Labute approximate surface area is 81.9 Å². The number of rotatable bonds is 0. The van der Waals surface area contributed by atoms with E-state index in [1.165, 1.54) is 13.0 Å². The van der Waals surface area contributed by atoms with Crippen LogP contribution in [0.3, 0.4) is 0 Å². The third-order valence-corrected chi connectivity index (χ3v) is 2.34. The second kappa shape index (κ2) is 3.21. The zero-order chi connectivity index (χ0) is 10.2. The summed E-state index contributed by atoms with van der Waals surface area (Å²) in [6.45, 7) is 1.38. The molecule has 0 aromatic heterocycles. The van der Waals surface area contributed by atoms with Gasteiger partial charge in [0, 0.05) is 10.2 Å². The molecule has 0 amide bonds. The molecule has 2 N–H and O–H groups in total. The molecule has 0 aliphatic heterocycles. The van der Waals surface area contributed by atoms with E-state index < -0.39 is 11.7 Å². The maximum Gasteiger partial charge on any atom is 0.416 e. The Morgan fingerprint density at radius 3 is 2.31 bits per heavy atom. The van der Waals surface area contributed by atoms with Crippen molar-refractivity contribution in [1.29, 1.82) is 0 Å². The molecule has 5 heteroatoms. The number of anilines is 1. The second-order valence-corrected chi connectivity index (χ2v) is 3.54. The van der Waals surface area contributed by atoms with E-state index in [9.17, 15) is 13.2 Å². The van der Waals surface area contributed by atoms with Crippen molar-refractivity contribution in [2.45, 2.75) is 13.1 Å². The van der Waals surface area contributed by atoms with Gasteiger partial charge in [0.15, 0.2) is 0 Å². The third kappa shape index (κ3) is 2.15. The molecule has 0 spiro atoms. The molecule has 0 radical (unpaired) electrons. The fourth-order valence-corrected chi connectivity index (χ4v) is 1.35. The minimum atomic E-state index is -4.32. The fourth-order valence-electron chi connectivity index (χ4n) is 1.01. The molecule has 0 aliphatic rings. The van der Waals surface area contributed by atoms with Crippen LogP contribution in [0, 0.1) is 6.92 Å². The lowest BCUT2D eigenvalue weighted by molar-refractivity contribution is -0.138. The van der Waals surface area contributed by atoms with Gasteiger partial charge in [-0.3, -0.25) is 0 Å². The normalized spacial score (nSPS) is 11.8. The van der Waals surface area contributed by atoms with Crippen LogP contribution in [0.5, 0.6) is 0 Å². The van der Waals surface area contributed by atoms with Crippen LogP contribution in [0.25, 0.3) is 0 Å². The number of halogens is 4. The zero-order valence-electron chi connectivity index (χ0n) is 6.74. The van der Waals surface area contributed by atoms with Crippen LogP contribution >= 0.6 is 15.9 Å². The largest absolute Gasteiger partial charge is 0.416 e. The topological polar surface area (TPSA) is 26.0 Å². The third-order valence-electron chi connectivity index (χ3n) is 1.65. The standard InChI is InChI=1S/C8H7BrF3N/c1-4-2-7(13)6(9)3-5(4)8(10,11)12/h2-3H,13H2,1H3. The van der Waals surface area contributed by atoms with Crippen molar-refractivity contribution in [3.05, 3.63) is 27.7 Å². The monoisotopic (exact) mass is 253 g/mol. The van der Waals surface area contributed by atoms with Gasteiger partial charge in [-0.25, -0.2) is 0 Å². The van der Waals surface area contributed by atoms with Gasteiger partial charge in [-0.15, -0.1) is 0 Å². The van der Waals surface area contributed by atoms with E-state index in [4.69, 9.17) is 5.73 Å². The smallest absolute Gasteiger partial charge is 0.398 e. The highest BCUT2D eigenvalue weighted by atomic mass is 79.9. The summed E-state index contributed by atoms with van der Waals surface area (Å²) in [5.74, 6) is 0. The molecular weight excluding hydrogens is 247 g/mol. The summed E-state index contributed by atoms with van der Waals surface area (Å²) in [5, 5.41) is 0. The van der Waals surface area contributed by atoms with E-state index in [1.807, 2.05) is 0 Å². The summed E-state index contributed by atoms with van der Waals surface area (Å²) in [6.07, 6.45) is -4.32. The minimum absolute atomic E-state index is 0.133. The van der Waals surface area contributed by atoms with Crippen LogP contribution in [0.4, 0.5) is 18.9 Å². The van der Waals surface area contributed by atoms with E-state index >= 15 is 0 Å². The number of nitrogen functional groups attached to an aromatic ring is 1. The molecule has 0 heterocycles. The quantitative estimate of drug-likeness (QED) is 0.706. The van der Waals surface area contributed by atoms with Gasteiger partial charge in [0.05, 0.1) is 5.56 Å². The maximum absolute atomic E-state index is 12.3. The predicted molar refractivity (Wildman–Crippen MR) is 48.3 cm³/mol. The first-order valence-electron chi connectivity index (χ1n) is 3.45. The highest BCUT2D eigenvalue weighted by Crippen LogP contribution is 2.35. The van der Waals surface area contributed by atoms with Crippen LogP contribution < -0.4 is 5.73 Å². The molecule has 0 saturated heterocycles. The Bertz CT molecular complexity index is 333. The number of benzene rings is 1. The van der Waals surface area contributed by atoms with Gasteiger partial charge in [0.25, 0.3) is 0 Å². The van der Waals surface area contributed by atoms with E-state index in [1.54, 1.807) is 0 Å². The van der Waals surface area contributed by atoms with Crippen molar-refractivity contribution < 1.29 is 13.2 Å². The summed E-state index contributed by atoms with van der Waals surface area (Å²) in [4.78, 5) is 0. The molecule has 0 fully saturated rings. The van der Waals surface area contributed by atoms with Gasteiger partial charge in [-0.05, 0) is 40.5 Å². The lowest BCUT2D eigenvalue weighted by Crippen LogP contribution is -2.08. The first-order valence-corrected chi connectivity index (χ1v) is 4.24. The van der Waals surface area contributed by atoms with Gasteiger partial charge in [0.1, 0.15) is 0 Å². The Morgan fingerprint density at radius 1 is 1.31 bits per heavy atom. The molecule has 1 aromatic carbocycles. The van der Waals surface area contributed by atoms with Gasteiger partial charge in [-0.2, -0.15) is 13.2 Å². The molecule has 0 atom stereocenters. The minimum Gasteiger partial charge on any atom is -0.398 e. The van der Waals surface area contributed by atoms with Gasteiger partial charge in [0.2, 0.25) is 0 Å². The first kappa shape index (κ1) is 10.4. The van der Waals surface area contributed by atoms with Gasteiger partial charge < -0.3 is 5.73 Å². The molecule has 13 heavy (non-hydrogen) atoms. The van der Waals surface area contributed by atoms with Crippen molar-refractivity contribution in [1.82, 2.24) is 0 Å². The van der Waals surface area contributed by atoms with Gasteiger partial charge >= 0.3 is 6.18 Å². The summed E-state index contributed by atoms with van der Waals surface area (Å²) >= 11 is 2.95. The maximum atomic E-state index is 12.3. The average Bonchev–Trinajstić information content (AvgIpc) is 1.94. The Hall–Kier alpha value is -0.710. The number of nitrogens with two attached hydrogens (primary N) is 1. The number of hydrogen-bond acceptors (Lipinski definition) is 1. The van der Waals surface area contributed by atoms with Crippen molar-refractivity contribution in [3.63, 3.8) is 0 Å². The van der Waals surface area contributed by atoms with E-state index in [2.05, 4.69) is 15.9 Å². The first-order chi connectivity index (χ1) is 5.82. The van der Waals surface area contributed by atoms with Crippen LogP contribution in [0.1, 0.15) is 11.1 Å². The van der Waals surface area contributed by atoms with Crippen molar-refractivity contribution >= 4 is 21.6 Å². The lowest BCUT2D eigenvalue weighted by Gasteiger charge is -2.11. The van der Waals surface area contributed by atoms with Crippen LogP contribution in [-0.4, -0.2) is 0 Å². The summed E-state index contributed by atoms with van der Waals surface area (Å²) in [5.41, 5.74) is 5.20. The average molecular weight is 254 g/mol. The van der Waals surface area contributed by atoms with E-state index in [-0.39, 0.29) is 10.0 Å². The van der Waals surface area contributed by atoms with Gasteiger partial charge in [-0.1, -0.05) is 0 Å². The molecule has 0 bridgehead atoms. The molecule has 0 saturated carbocycles. The highest BCUT2D eigenvalue weighted by molar-refractivity contribution is 9.10. The molecule has 72 valence electrons. The van der Waals surface area contributed by atoms with Crippen LogP contribution in [0.2, 0.25) is 0 Å². The van der Waals surface area contributed by atoms with Crippen LogP contribution in [-0.2, 0) is 6.18 Å². The molecule has 1 rings (SSSR count). The van der Waals surface area contributed by atoms with E-state index in [0.717, 1.165) is 6.07 Å². The molecule has 0 unspecified atom stereocenters.